The van der Waals surface area contributed by atoms with Gasteiger partial charge in [0.15, 0.2) is 0 Å². The highest BCUT2D eigenvalue weighted by Gasteiger charge is 2.35. The summed E-state index contributed by atoms with van der Waals surface area (Å²) in [5, 5.41) is 0. The lowest BCUT2D eigenvalue weighted by Gasteiger charge is -2.34. The van der Waals surface area contributed by atoms with E-state index in [2.05, 4.69) is 65.3 Å². The zero-order valence-corrected chi connectivity index (χ0v) is 18.7. The van der Waals surface area contributed by atoms with Crippen LogP contribution in [0.25, 0.3) is 11.1 Å². The number of carbonyl (C=O) groups is 1. The molecule has 0 amide bonds. The average Bonchev–Trinajstić information content (AvgIpc) is 2.79. The Labute approximate surface area is 185 Å². The fourth-order valence-electron chi connectivity index (χ4n) is 5.02. The number of hydrogen-bond donors (Lipinski definition) is 0. The van der Waals surface area contributed by atoms with E-state index in [1.54, 1.807) is 0 Å². The number of ether oxygens (including phenoxy) is 2. The molecule has 1 atom stereocenters. The van der Waals surface area contributed by atoms with Crippen LogP contribution in [0.2, 0.25) is 0 Å². The van der Waals surface area contributed by atoms with Gasteiger partial charge in [-0.05, 0) is 71.7 Å². The minimum absolute atomic E-state index is 0.244. The molecule has 0 fully saturated rings. The molecule has 3 aromatic rings. The third-order valence-corrected chi connectivity index (χ3v) is 6.98. The molecule has 1 unspecified atom stereocenters. The quantitative estimate of drug-likeness (QED) is 0.423. The van der Waals surface area contributed by atoms with Crippen molar-refractivity contribution in [1.29, 1.82) is 0 Å². The Morgan fingerprint density at radius 2 is 1.87 bits per heavy atom. The van der Waals surface area contributed by atoms with Gasteiger partial charge >= 0.3 is 5.97 Å². The minimum Gasteiger partial charge on any atom is -0.492 e. The maximum Gasteiger partial charge on any atom is 0.342 e. The van der Waals surface area contributed by atoms with Crippen LogP contribution in [0.1, 0.15) is 50.5 Å². The van der Waals surface area contributed by atoms with Gasteiger partial charge in [0.2, 0.25) is 0 Å². The number of benzene rings is 3. The van der Waals surface area contributed by atoms with Gasteiger partial charge in [0.25, 0.3) is 0 Å². The van der Waals surface area contributed by atoms with Crippen molar-refractivity contribution < 1.29 is 14.3 Å². The van der Waals surface area contributed by atoms with Crippen LogP contribution in [0.15, 0.2) is 53.0 Å². The highest BCUT2D eigenvalue weighted by atomic mass is 79.9. The smallest absolute Gasteiger partial charge is 0.342 e. The monoisotopic (exact) mass is 462 g/mol. The SMILES string of the molecule is COC(=O)c1c2c(c(C)c3c1-c1ccccc1C(c1ccc(Br)cc1)C3)CCCO2. The molecule has 30 heavy (non-hydrogen) atoms. The second-order valence-corrected chi connectivity index (χ2v) is 8.92. The molecule has 5 rings (SSSR count). The van der Waals surface area contributed by atoms with Crippen LogP contribution in [0.5, 0.6) is 5.75 Å². The molecule has 0 aromatic heterocycles. The molecule has 1 heterocycles. The van der Waals surface area contributed by atoms with Crippen LogP contribution in [0, 0.1) is 6.92 Å². The van der Waals surface area contributed by atoms with Crippen molar-refractivity contribution in [2.75, 3.05) is 13.7 Å². The summed E-state index contributed by atoms with van der Waals surface area (Å²) in [6, 6.07) is 17.0. The second kappa shape index (κ2) is 7.59. The first kappa shape index (κ1) is 19.4. The minimum atomic E-state index is -0.318. The fraction of sp³-hybridized carbons (Fsp3) is 0.269. The van der Waals surface area contributed by atoms with Gasteiger partial charge in [0.1, 0.15) is 11.3 Å². The van der Waals surface area contributed by atoms with Gasteiger partial charge in [-0.1, -0.05) is 52.3 Å². The predicted octanol–water partition coefficient (Wildman–Crippen LogP) is 6.22. The van der Waals surface area contributed by atoms with Gasteiger partial charge in [-0.15, -0.1) is 0 Å². The Bertz CT molecular complexity index is 1150. The van der Waals surface area contributed by atoms with Crippen LogP contribution in [-0.4, -0.2) is 19.7 Å². The van der Waals surface area contributed by atoms with E-state index in [1.165, 1.54) is 29.4 Å². The van der Waals surface area contributed by atoms with Crippen molar-refractivity contribution >= 4 is 21.9 Å². The van der Waals surface area contributed by atoms with Crippen LogP contribution in [0.4, 0.5) is 0 Å². The predicted molar refractivity (Wildman–Crippen MR) is 121 cm³/mol. The van der Waals surface area contributed by atoms with Crippen LogP contribution in [-0.2, 0) is 17.6 Å². The zero-order valence-electron chi connectivity index (χ0n) is 17.1. The lowest BCUT2D eigenvalue weighted by molar-refractivity contribution is 0.0595. The third kappa shape index (κ3) is 2.97. The summed E-state index contributed by atoms with van der Waals surface area (Å²) >= 11 is 3.55. The van der Waals surface area contributed by atoms with E-state index in [-0.39, 0.29) is 11.9 Å². The van der Waals surface area contributed by atoms with E-state index in [9.17, 15) is 4.79 Å². The molecule has 0 radical (unpaired) electrons. The summed E-state index contributed by atoms with van der Waals surface area (Å²) in [6.07, 6.45) is 2.76. The Balaban J connectivity index is 1.81. The van der Waals surface area contributed by atoms with Crippen LogP contribution in [0.3, 0.4) is 0 Å². The Morgan fingerprint density at radius 3 is 2.63 bits per heavy atom. The van der Waals surface area contributed by atoms with Crippen molar-refractivity contribution in [3.63, 3.8) is 0 Å². The summed E-state index contributed by atoms with van der Waals surface area (Å²) in [7, 11) is 1.45. The summed E-state index contributed by atoms with van der Waals surface area (Å²) < 4.78 is 12.4. The lowest BCUT2D eigenvalue weighted by Crippen LogP contribution is -2.22. The highest BCUT2D eigenvalue weighted by molar-refractivity contribution is 9.10. The summed E-state index contributed by atoms with van der Waals surface area (Å²) in [4.78, 5) is 13.0. The molecule has 0 spiro atoms. The molecule has 1 aliphatic carbocycles. The normalized spacial score (nSPS) is 16.7. The van der Waals surface area contributed by atoms with Gasteiger partial charge in [-0.2, -0.15) is 0 Å². The molecular formula is C26H23BrO3. The fourth-order valence-corrected chi connectivity index (χ4v) is 5.29. The summed E-state index contributed by atoms with van der Waals surface area (Å²) in [5.74, 6) is 0.649. The molecule has 0 saturated heterocycles. The first-order valence-corrected chi connectivity index (χ1v) is 11.1. The molecule has 4 heteroatoms. The van der Waals surface area contributed by atoms with Gasteiger partial charge in [0.05, 0.1) is 13.7 Å². The lowest BCUT2D eigenvalue weighted by atomic mass is 9.71. The highest BCUT2D eigenvalue weighted by Crippen LogP contribution is 2.50. The van der Waals surface area contributed by atoms with Gasteiger partial charge < -0.3 is 9.47 Å². The second-order valence-electron chi connectivity index (χ2n) is 8.00. The molecule has 3 aromatic carbocycles. The topological polar surface area (TPSA) is 35.5 Å². The Kier molecular flexibility index (Phi) is 4.90. The number of methoxy groups -OCH3 is 1. The van der Waals surface area contributed by atoms with E-state index < -0.39 is 0 Å². The van der Waals surface area contributed by atoms with E-state index in [4.69, 9.17) is 9.47 Å². The van der Waals surface area contributed by atoms with Crippen molar-refractivity contribution in [3.05, 3.63) is 86.4 Å². The summed E-state index contributed by atoms with van der Waals surface area (Å²) in [6.45, 7) is 2.82. The van der Waals surface area contributed by atoms with E-state index >= 15 is 0 Å². The van der Waals surface area contributed by atoms with Crippen LogP contribution >= 0.6 is 15.9 Å². The largest absolute Gasteiger partial charge is 0.492 e. The number of halogens is 1. The van der Waals surface area contributed by atoms with Crippen molar-refractivity contribution in [2.24, 2.45) is 0 Å². The number of hydrogen-bond acceptors (Lipinski definition) is 3. The maximum absolute atomic E-state index is 13.0. The van der Waals surface area contributed by atoms with Gasteiger partial charge in [-0.25, -0.2) is 4.79 Å². The third-order valence-electron chi connectivity index (χ3n) is 6.45. The maximum atomic E-state index is 13.0. The molecule has 152 valence electrons. The molecule has 0 saturated carbocycles. The van der Waals surface area contributed by atoms with E-state index in [0.717, 1.165) is 46.2 Å². The average molecular weight is 463 g/mol. The molecule has 0 bridgehead atoms. The van der Waals surface area contributed by atoms with Gasteiger partial charge in [0, 0.05) is 16.0 Å². The van der Waals surface area contributed by atoms with Crippen molar-refractivity contribution in [3.8, 4) is 16.9 Å². The number of esters is 1. The first-order valence-electron chi connectivity index (χ1n) is 10.3. The van der Waals surface area contributed by atoms with E-state index in [0.29, 0.717) is 12.2 Å². The molecular weight excluding hydrogens is 440 g/mol. The molecule has 1 aliphatic heterocycles. The molecule has 0 N–H and O–H groups in total. The zero-order chi connectivity index (χ0) is 20.8. The van der Waals surface area contributed by atoms with Crippen LogP contribution < -0.4 is 4.74 Å². The summed E-state index contributed by atoms with van der Waals surface area (Å²) in [5.41, 5.74) is 8.87. The van der Waals surface area contributed by atoms with Gasteiger partial charge in [-0.3, -0.25) is 0 Å². The Morgan fingerprint density at radius 1 is 1.10 bits per heavy atom. The molecule has 2 aliphatic rings. The standard InChI is InChI=1S/C26H23BrO3/c1-15-18-8-5-13-30-25(18)24(26(28)29-2)23-20-7-4-3-6-19(20)22(14-21(15)23)16-9-11-17(27)12-10-16/h3-4,6-7,9-12,22H,5,8,13-14H2,1-2H3. The molecule has 3 nitrogen and oxygen atoms in total. The Hall–Kier alpha value is -2.59. The number of carbonyl (C=O) groups excluding carboxylic acids is 1. The van der Waals surface area contributed by atoms with Crippen molar-refractivity contribution in [1.82, 2.24) is 0 Å². The number of fused-ring (bicyclic) bond motifs is 4. The van der Waals surface area contributed by atoms with E-state index in [1.807, 2.05) is 6.07 Å². The first-order chi connectivity index (χ1) is 14.6. The van der Waals surface area contributed by atoms with Crippen molar-refractivity contribution in [2.45, 2.75) is 32.1 Å². The number of rotatable bonds is 2.